The minimum atomic E-state index is -1.84. The second kappa shape index (κ2) is 10.0. The zero-order valence-electron chi connectivity index (χ0n) is 28.0. The number of benzene rings is 7. The lowest BCUT2D eigenvalue weighted by molar-refractivity contribution is 0.660. The lowest BCUT2D eigenvalue weighted by Gasteiger charge is -2.43. The number of aryl methyl sites for hydroxylation is 1. The number of hydrogen-bond acceptors (Lipinski definition) is 1. The Kier molecular flexibility index (Phi) is 5.88. The molecule has 0 aromatic heterocycles. The summed E-state index contributed by atoms with van der Waals surface area (Å²) in [6.07, 6.45) is 2.69. The monoisotopic (exact) mass is 633 g/mol. The van der Waals surface area contributed by atoms with Gasteiger partial charge in [0.05, 0.1) is 5.69 Å². The summed E-state index contributed by atoms with van der Waals surface area (Å²) in [5.41, 5.74) is 13.6. The molecule has 3 aliphatic rings. The van der Waals surface area contributed by atoms with Crippen molar-refractivity contribution in [1.82, 2.24) is 0 Å². The maximum Gasteiger partial charge on any atom is 0.123 e. The van der Waals surface area contributed by atoms with Gasteiger partial charge < -0.3 is 4.90 Å². The van der Waals surface area contributed by atoms with Crippen molar-refractivity contribution in [2.24, 2.45) is 0 Å². The lowest BCUT2D eigenvalue weighted by Crippen LogP contribution is -2.60. The zero-order valence-corrected chi connectivity index (χ0v) is 29.0. The van der Waals surface area contributed by atoms with Crippen molar-refractivity contribution in [2.45, 2.75) is 51.1 Å². The quantitative estimate of drug-likeness (QED) is 0.135. The van der Waals surface area contributed by atoms with Crippen LogP contribution in [0.25, 0.3) is 43.8 Å². The van der Waals surface area contributed by atoms with Crippen LogP contribution in [0, 0.1) is 6.92 Å². The zero-order chi connectivity index (χ0) is 32.2. The second-order valence-electron chi connectivity index (χ2n) is 14.9. The summed E-state index contributed by atoms with van der Waals surface area (Å²) in [6, 6.07) is 54.0. The predicted octanol–water partition coefficient (Wildman–Crippen LogP) is 11.4. The predicted molar refractivity (Wildman–Crippen MR) is 208 cm³/mol. The summed E-state index contributed by atoms with van der Waals surface area (Å²) in [5, 5.41) is 8.50. The minimum absolute atomic E-state index is 0.0509. The molecule has 0 bridgehead atoms. The summed E-state index contributed by atoms with van der Waals surface area (Å²) in [6.45, 7) is 7.01. The van der Waals surface area contributed by atoms with Crippen LogP contribution in [0.3, 0.4) is 0 Å². The fourth-order valence-electron chi connectivity index (χ4n) is 9.94. The van der Waals surface area contributed by atoms with Crippen LogP contribution in [-0.2, 0) is 5.41 Å². The molecule has 10 rings (SSSR count). The van der Waals surface area contributed by atoms with E-state index in [4.69, 9.17) is 0 Å². The van der Waals surface area contributed by atoms with Gasteiger partial charge in [0.15, 0.2) is 0 Å². The summed E-state index contributed by atoms with van der Waals surface area (Å²) in [4.78, 5) is 2.65. The first-order valence-electron chi connectivity index (χ1n) is 17.7. The van der Waals surface area contributed by atoms with E-state index in [-0.39, 0.29) is 5.41 Å². The fraction of sp³-hybridized carbons (Fsp3) is 0.174. The third kappa shape index (κ3) is 3.62. The first-order chi connectivity index (χ1) is 23.5. The highest BCUT2D eigenvalue weighted by atomic mass is 28.3. The maximum atomic E-state index is 2.65. The molecule has 48 heavy (non-hydrogen) atoms. The summed E-state index contributed by atoms with van der Waals surface area (Å²) in [5.74, 6) is 0. The molecule has 0 atom stereocenters. The molecular formula is C46H39NSi. The summed E-state index contributed by atoms with van der Waals surface area (Å²) in [7, 11) is -1.84. The van der Waals surface area contributed by atoms with E-state index in [1.54, 1.807) is 10.4 Å². The van der Waals surface area contributed by atoms with E-state index in [1.165, 1.54) is 102 Å². The van der Waals surface area contributed by atoms with Gasteiger partial charge in [-0.2, -0.15) is 0 Å². The smallest absolute Gasteiger partial charge is 0.123 e. The van der Waals surface area contributed by atoms with E-state index in [0.29, 0.717) is 0 Å². The Balaban J connectivity index is 1.34. The van der Waals surface area contributed by atoms with Gasteiger partial charge in [-0.1, -0.05) is 154 Å². The standard InChI is InChI=1S/C46H39NSi/c1-30-25-26-33-36(29-30)43(35-18-14-20-38-44(35)34-17-6-7-19-37(34)46(38,2)3)31-15-4-5-16-32(31)45(33)47-39-21-8-10-23-41(39)48(27-12-13-28-48)42-24-11-9-22-40(42)47/h4-11,14-26,29H,12-13,27-28H2,1-3H3. The maximum absolute atomic E-state index is 2.65. The average Bonchev–Trinajstić information content (AvgIpc) is 3.70. The van der Waals surface area contributed by atoms with E-state index in [2.05, 4.69) is 159 Å². The topological polar surface area (TPSA) is 3.24 Å². The number of nitrogens with zero attached hydrogens (tertiary/aromatic N) is 1. The van der Waals surface area contributed by atoms with Crippen molar-refractivity contribution >= 4 is 57.1 Å². The van der Waals surface area contributed by atoms with Crippen LogP contribution in [0.4, 0.5) is 17.1 Å². The Bertz CT molecular complexity index is 2410. The molecule has 0 N–H and O–H groups in total. The fourth-order valence-corrected chi connectivity index (χ4v) is 15.5. The molecule has 1 spiro atoms. The molecule has 1 aliphatic carbocycles. The molecule has 0 radical (unpaired) electrons. The van der Waals surface area contributed by atoms with Crippen molar-refractivity contribution in [2.75, 3.05) is 4.90 Å². The third-order valence-corrected chi connectivity index (χ3v) is 17.4. The molecule has 2 heteroatoms. The SMILES string of the molecule is Cc1ccc2c(N3c4ccccc4[Si]4(CCCC4)c4ccccc43)c3ccccc3c(-c3cccc4c3-c3ccccc3C4(C)C)c2c1. The molecule has 0 saturated carbocycles. The largest absolute Gasteiger partial charge is 0.309 e. The van der Waals surface area contributed by atoms with Gasteiger partial charge >= 0.3 is 0 Å². The highest BCUT2D eigenvalue weighted by Gasteiger charge is 2.47. The Morgan fingerprint density at radius 1 is 0.521 bits per heavy atom. The van der Waals surface area contributed by atoms with Gasteiger partial charge in [0, 0.05) is 27.6 Å². The van der Waals surface area contributed by atoms with Crippen molar-refractivity contribution in [3.05, 3.63) is 150 Å². The molecule has 7 aromatic carbocycles. The Labute approximate surface area is 284 Å². The van der Waals surface area contributed by atoms with Gasteiger partial charge in [0.1, 0.15) is 8.07 Å². The Hall–Kier alpha value is -4.92. The molecular weight excluding hydrogens is 595 g/mol. The van der Waals surface area contributed by atoms with Crippen LogP contribution in [0.15, 0.2) is 133 Å². The molecule has 1 fully saturated rings. The normalized spacial score (nSPS) is 16.6. The molecule has 2 aliphatic heterocycles. The number of fused-ring (bicyclic) bond motifs is 9. The van der Waals surface area contributed by atoms with Gasteiger partial charge in [-0.15, -0.1) is 0 Å². The number of anilines is 3. The van der Waals surface area contributed by atoms with Crippen molar-refractivity contribution < 1.29 is 0 Å². The van der Waals surface area contributed by atoms with Crippen LogP contribution in [0.1, 0.15) is 43.4 Å². The van der Waals surface area contributed by atoms with Crippen molar-refractivity contribution in [3.63, 3.8) is 0 Å². The van der Waals surface area contributed by atoms with E-state index in [9.17, 15) is 0 Å². The molecule has 0 unspecified atom stereocenters. The van der Waals surface area contributed by atoms with E-state index >= 15 is 0 Å². The van der Waals surface area contributed by atoms with Crippen LogP contribution in [-0.4, -0.2) is 8.07 Å². The molecule has 1 nitrogen and oxygen atoms in total. The van der Waals surface area contributed by atoms with Crippen LogP contribution in [0.2, 0.25) is 12.1 Å². The third-order valence-electron chi connectivity index (χ3n) is 12.0. The lowest BCUT2D eigenvalue weighted by atomic mass is 9.81. The Morgan fingerprint density at radius 2 is 1.10 bits per heavy atom. The highest BCUT2D eigenvalue weighted by molar-refractivity contribution is 7.05. The second-order valence-corrected chi connectivity index (χ2v) is 19.1. The molecule has 2 heterocycles. The van der Waals surface area contributed by atoms with Crippen molar-refractivity contribution in [1.29, 1.82) is 0 Å². The van der Waals surface area contributed by atoms with Crippen LogP contribution < -0.4 is 15.3 Å². The van der Waals surface area contributed by atoms with Crippen LogP contribution in [0.5, 0.6) is 0 Å². The summed E-state index contributed by atoms with van der Waals surface area (Å²) >= 11 is 0. The van der Waals surface area contributed by atoms with Crippen LogP contribution >= 0.6 is 0 Å². The number of rotatable bonds is 2. The first-order valence-corrected chi connectivity index (χ1v) is 20.1. The van der Waals surface area contributed by atoms with Gasteiger partial charge in [-0.05, 0) is 85.7 Å². The first kappa shape index (κ1) is 28.1. The van der Waals surface area contributed by atoms with Crippen molar-refractivity contribution in [3.8, 4) is 22.3 Å². The Morgan fingerprint density at radius 3 is 1.85 bits per heavy atom. The number of hydrogen-bond donors (Lipinski definition) is 0. The molecule has 0 amide bonds. The number of para-hydroxylation sites is 2. The van der Waals surface area contributed by atoms with E-state index in [1.807, 2.05) is 0 Å². The van der Waals surface area contributed by atoms with Gasteiger partial charge in [0.25, 0.3) is 0 Å². The van der Waals surface area contributed by atoms with Gasteiger partial charge in [0.2, 0.25) is 0 Å². The van der Waals surface area contributed by atoms with E-state index in [0.717, 1.165) is 0 Å². The van der Waals surface area contributed by atoms with Gasteiger partial charge in [-0.25, -0.2) is 0 Å². The van der Waals surface area contributed by atoms with E-state index < -0.39 is 8.07 Å². The molecule has 7 aromatic rings. The molecule has 1 saturated heterocycles. The average molecular weight is 634 g/mol. The highest BCUT2D eigenvalue weighted by Crippen LogP contribution is 2.56. The molecule has 232 valence electrons. The minimum Gasteiger partial charge on any atom is -0.309 e. The summed E-state index contributed by atoms with van der Waals surface area (Å²) < 4.78 is 0. The van der Waals surface area contributed by atoms with Gasteiger partial charge in [-0.3, -0.25) is 0 Å².